The SMILES string of the molecule is O=C(NC1CCCCC1)n1c(=O)oc2cc([N+](=O)[O-])ccc21. The van der Waals surface area contributed by atoms with Crippen LogP contribution in [-0.2, 0) is 0 Å². The summed E-state index contributed by atoms with van der Waals surface area (Å²) in [5.41, 5.74) is 0.0583. The van der Waals surface area contributed by atoms with Gasteiger partial charge in [-0.3, -0.25) is 10.1 Å². The van der Waals surface area contributed by atoms with Crippen molar-refractivity contribution in [3.8, 4) is 0 Å². The van der Waals surface area contributed by atoms with Crippen LogP contribution in [0.4, 0.5) is 10.5 Å². The zero-order valence-electron chi connectivity index (χ0n) is 11.8. The van der Waals surface area contributed by atoms with Crippen molar-refractivity contribution in [1.29, 1.82) is 0 Å². The molecule has 1 aliphatic carbocycles. The predicted molar refractivity (Wildman–Crippen MR) is 77.9 cm³/mol. The van der Waals surface area contributed by atoms with Gasteiger partial charge in [0.05, 0.1) is 11.0 Å². The number of fused-ring (bicyclic) bond motifs is 1. The van der Waals surface area contributed by atoms with Crippen molar-refractivity contribution in [3.05, 3.63) is 38.9 Å². The topological polar surface area (TPSA) is 107 Å². The molecule has 8 heteroatoms. The Morgan fingerprint density at radius 2 is 2.05 bits per heavy atom. The zero-order valence-corrected chi connectivity index (χ0v) is 11.8. The molecule has 1 aromatic carbocycles. The van der Waals surface area contributed by atoms with Crippen LogP contribution in [0.2, 0.25) is 0 Å². The number of nitro benzene ring substituents is 1. The van der Waals surface area contributed by atoms with Crippen molar-refractivity contribution in [3.63, 3.8) is 0 Å². The zero-order chi connectivity index (χ0) is 15.7. The quantitative estimate of drug-likeness (QED) is 0.677. The van der Waals surface area contributed by atoms with Gasteiger partial charge in [0.2, 0.25) is 0 Å². The van der Waals surface area contributed by atoms with E-state index in [1.165, 1.54) is 12.1 Å². The lowest BCUT2D eigenvalue weighted by Crippen LogP contribution is -2.41. The fourth-order valence-corrected chi connectivity index (χ4v) is 2.80. The van der Waals surface area contributed by atoms with Crippen molar-refractivity contribution >= 4 is 22.8 Å². The number of carbonyl (C=O) groups is 1. The Morgan fingerprint density at radius 1 is 1.32 bits per heavy atom. The van der Waals surface area contributed by atoms with E-state index >= 15 is 0 Å². The lowest BCUT2D eigenvalue weighted by Gasteiger charge is -2.22. The molecule has 8 nitrogen and oxygen atoms in total. The largest absolute Gasteiger partial charge is 0.428 e. The molecule has 1 fully saturated rings. The van der Waals surface area contributed by atoms with Crippen molar-refractivity contribution in [1.82, 2.24) is 9.88 Å². The number of nitrogens with one attached hydrogen (secondary N) is 1. The molecule has 1 N–H and O–H groups in total. The monoisotopic (exact) mass is 305 g/mol. The van der Waals surface area contributed by atoms with E-state index in [1.807, 2.05) is 0 Å². The lowest BCUT2D eigenvalue weighted by atomic mass is 9.96. The summed E-state index contributed by atoms with van der Waals surface area (Å²) in [6.07, 6.45) is 5.05. The second kappa shape index (κ2) is 5.63. The Morgan fingerprint density at radius 3 is 2.73 bits per heavy atom. The molecule has 0 aliphatic heterocycles. The molecule has 1 aromatic heterocycles. The highest BCUT2D eigenvalue weighted by Crippen LogP contribution is 2.21. The Labute approximate surface area is 124 Å². The summed E-state index contributed by atoms with van der Waals surface area (Å²) >= 11 is 0. The van der Waals surface area contributed by atoms with Gasteiger partial charge >= 0.3 is 11.8 Å². The molecule has 0 spiro atoms. The summed E-state index contributed by atoms with van der Waals surface area (Å²) in [5.74, 6) is -0.844. The highest BCUT2D eigenvalue weighted by Gasteiger charge is 2.22. The van der Waals surface area contributed by atoms with Gasteiger partial charge < -0.3 is 9.73 Å². The van der Waals surface area contributed by atoms with Crippen molar-refractivity contribution in [2.24, 2.45) is 0 Å². The standard InChI is InChI=1S/C14H15N3O5/c18-13(15-9-4-2-1-3-5-9)16-11-7-6-10(17(20)21)8-12(11)22-14(16)19/h6-9H,1-5H2,(H,15,18). The van der Waals surface area contributed by atoms with E-state index in [9.17, 15) is 19.7 Å². The number of oxazole rings is 1. The Hall–Kier alpha value is -2.64. The molecule has 1 amide bonds. The number of rotatable bonds is 2. The Bertz CT molecular complexity index is 785. The molecule has 116 valence electrons. The first-order chi connectivity index (χ1) is 10.6. The third-order valence-corrected chi connectivity index (χ3v) is 3.91. The van der Waals surface area contributed by atoms with Gasteiger partial charge in [0.1, 0.15) is 5.52 Å². The van der Waals surface area contributed by atoms with Crippen molar-refractivity contribution in [2.45, 2.75) is 38.1 Å². The third-order valence-electron chi connectivity index (χ3n) is 3.91. The van der Waals surface area contributed by atoms with Gasteiger partial charge in [-0.2, -0.15) is 4.57 Å². The van der Waals surface area contributed by atoms with Crippen LogP contribution in [0.3, 0.4) is 0 Å². The Kier molecular flexibility index (Phi) is 3.66. The minimum absolute atomic E-state index is 0.0259. The van der Waals surface area contributed by atoms with E-state index in [4.69, 9.17) is 4.42 Å². The maximum absolute atomic E-state index is 12.3. The molecular formula is C14H15N3O5. The van der Waals surface area contributed by atoms with Crippen LogP contribution in [0.1, 0.15) is 32.1 Å². The number of aromatic nitrogens is 1. The first kappa shape index (κ1) is 14.3. The van der Waals surface area contributed by atoms with Crippen LogP contribution in [0, 0.1) is 10.1 Å². The fraction of sp³-hybridized carbons (Fsp3) is 0.429. The number of nitrogens with zero attached hydrogens (tertiary/aromatic N) is 2. The second-order valence-electron chi connectivity index (χ2n) is 5.40. The smallest absolute Gasteiger partial charge is 0.407 e. The normalized spacial score (nSPS) is 15.8. The van der Waals surface area contributed by atoms with Crippen LogP contribution in [0.25, 0.3) is 11.1 Å². The predicted octanol–water partition coefficient (Wildman–Crippen LogP) is 2.39. The number of amides is 1. The average molecular weight is 305 g/mol. The van der Waals surface area contributed by atoms with Gasteiger partial charge in [0.15, 0.2) is 5.58 Å². The van der Waals surface area contributed by atoms with Gasteiger partial charge in [-0.05, 0) is 18.9 Å². The molecule has 0 radical (unpaired) electrons. The minimum Gasteiger partial charge on any atom is -0.407 e. The number of carbonyl (C=O) groups excluding carboxylic acids is 1. The number of hydrogen-bond donors (Lipinski definition) is 1. The third kappa shape index (κ3) is 2.59. The molecule has 2 aromatic rings. The molecule has 0 unspecified atom stereocenters. The van der Waals surface area contributed by atoms with E-state index < -0.39 is 16.7 Å². The fourth-order valence-electron chi connectivity index (χ4n) is 2.80. The highest BCUT2D eigenvalue weighted by atomic mass is 16.6. The number of benzene rings is 1. The van der Waals surface area contributed by atoms with Crippen LogP contribution in [0.15, 0.2) is 27.4 Å². The minimum atomic E-state index is -0.844. The highest BCUT2D eigenvalue weighted by molar-refractivity contribution is 5.88. The molecule has 3 rings (SSSR count). The molecule has 0 bridgehead atoms. The molecule has 1 aliphatic rings. The summed E-state index contributed by atoms with van der Waals surface area (Å²) in [6.45, 7) is 0. The number of hydrogen-bond acceptors (Lipinski definition) is 5. The van der Waals surface area contributed by atoms with Gasteiger partial charge in [-0.25, -0.2) is 9.59 Å². The van der Waals surface area contributed by atoms with E-state index in [2.05, 4.69) is 5.32 Å². The Balaban J connectivity index is 1.92. The van der Waals surface area contributed by atoms with Crippen LogP contribution < -0.4 is 11.1 Å². The number of non-ortho nitro benzene ring substituents is 1. The van der Waals surface area contributed by atoms with Gasteiger partial charge in [-0.15, -0.1) is 0 Å². The molecule has 1 saturated carbocycles. The maximum atomic E-state index is 12.3. The summed E-state index contributed by atoms with van der Waals surface area (Å²) in [5, 5.41) is 13.6. The maximum Gasteiger partial charge on any atom is 0.428 e. The van der Waals surface area contributed by atoms with E-state index in [0.29, 0.717) is 0 Å². The summed E-state index contributed by atoms with van der Waals surface area (Å²) < 4.78 is 5.82. The van der Waals surface area contributed by atoms with E-state index in [1.54, 1.807) is 0 Å². The van der Waals surface area contributed by atoms with Gasteiger partial charge in [-0.1, -0.05) is 19.3 Å². The van der Waals surface area contributed by atoms with E-state index in [-0.39, 0.29) is 22.8 Å². The second-order valence-corrected chi connectivity index (χ2v) is 5.40. The molecular weight excluding hydrogens is 290 g/mol. The van der Waals surface area contributed by atoms with E-state index in [0.717, 1.165) is 42.7 Å². The molecule has 0 saturated heterocycles. The number of nitro groups is 1. The van der Waals surface area contributed by atoms with Crippen LogP contribution in [0.5, 0.6) is 0 Å². The lowest BCUT2D eigenvalue weighted by molar-refractivity contribution is -0.384. The summed E-state index contributed by atoms with van der Waals surface area (Å²) in [6, 6.07) is 3.22. The van der Waals surface area contributed by atoms with Crippen LogP contribution in [-0.4, -0.2) is 21.6 Å². The first-order valence-corrected chi connectivity index (χ1v) is 7.17. The molecule has 1 heterocycles. The molecule has 0 atom stereocenters. The average Bonchev–Trinajstić information content (AvgIpc) is 2.83. The van der Waals surface area contributed by atoms with Crippen LogP contribution >= 0.6 is 0 Å². The van der Waals surface area contributed by atoms with Crippen molar-refractivity contribution in [2.75, 3.05) is 0 Å². The summed E-state index contributed by atoms with van der Waals surface area (Å²) in [4.78, 5) is 34.3. The van der Waals surface area contributed by atoms with Crippen molar-refractivity contribution < 1.29 is 14.1 Å². The molecule has 22 heavy (non-hydrogen) atoms. The van der Waals surface area contributed by atoms with Gasteiger partial charge in [0.25, 0.3) is 5.69 Å². The first-order valence-electron chi connectivity index (χ1n) is 7.17. The summed E-state index contributed by atoms with van der Waals surface area (Å²) in [7, 11) is 0. The van der Waals surface area contributed by atoms with Gasteiger partial charge in [0, 0.05) is 12.1 Å².